The molecule has 2 aromatic heterocycles. The maximum absolute atomic E-state index is 13.3. The molecule has 49 heavy (non-hydrogen) atoms. The second-order valence-corrected chi connectivity index (χ2v) is 15.1. The van der Waals surface area contributed by atoms with E-state index in [0.29, 0.717) is 30.5 Å². The Bertz CT molecular complexity index is 1730. The minimum atomic E-state index is -3.68. The highest BCUT2D eigenvalue weighted by Gasteiger charge is 2.44. The normalized spacial score (nSPS) is 21.9. The summed E-state index contributed by atoms with van der Waals surface area (Å²) in [6, 6.07) is 20.8. The van der Waals surface area contributed by atoms with Crippen LogP contribution in [0, 0.1) is 0 Å². The molecule has 0 spiro atoms. The van der Waals surface area contributed by atoms with Crippen LogP contribution in [0.15, 0.2) is 67.0 Å². The molecule has 4 atom stereocenters. The van der Waals surface area contributed by atoms with Gasteiger partial charge in [0, 0.05) is 31.1 Å². The van der Waals surface area contributed by atoms with Crippen molar-refractivity contribution in [2.24, 2.45) is 0 Å². The van der Waals surface area contributed by atoms with Gasteiger partial charge < -0.3 is 25.4 Å². The Balaban J connectivity index is 1.28. The number of aliphatic hydroxyl groups is 3. The molecule has 0 bridgehead atoms. The summed E-state index contributed by atoms with van der Waals surface area (Å²) in [6.45, 7) is 4.44. The van der Waals surface area contributed by atoms with Crippen LogP contribution in [0.25, 0.3) is 11.2 Å². The van der Waals surface area contributed by atoms with E-state index in [1.807, 2.05) is 36.4 Å². The molecule has 264 valence electrons. The van der Waals surface area contributed by atoms with Crippen molar-refractivity contribution in [1.82, 2.24) is 29.1 Å². The highest BCUT2D eigenvalue weighted by molar-refractivity contribution is 7.89. The lowest BCUT2D eigenvalue weighted by Gasteiger charge is -2.32. The van der Waals surface area contributed by atoms with Crippen molar-refractivity contribution < 1.29 is 28.5 Å². The van der Waals surface area contributed by atoms with E-state index in [2.05, 4.69) is 63.0 Å². The molecule has 4 aromatic rings. The number of nitrogens with zero attached hydrogens (tertiary/aromatic N) is 5. The summed E-state index contributed by atoms with van der Waals surface area (Å²) in [7, 11) is -3.68. The highest BCUT2D eigenvalue weighted by atomic mass is 32.2. The summed E-state index contributed by atoms with van der Waals surface area (Å²) in [5.74, 6) is 0.486. The zero-order chi connectivity index (χ0) is 34.5. The molecule has 2 fully saturated rings. The minimum Gasteiger partial charge on any atom is -0.394 e. The number of rotatable bonds is 15. The van der Waals surface area contributed by atoms with E-state index < -0.39 is 41.2 Å². The summed E-state index contributed by atoms with van der Waals surface area (Å²) in [4.78, 5) is 16.2. The third kappa shape index (κ3) is 8.12. The number of hydrogen-bond acceptors (Lipinski definition) is 11. The number of hydrogen-bond donors (Lipinski definition) is 5. The molecular formula is C35H47N7O6S. The van der Waals surface area contributed by atoms with Crippen molar-refractivity contribution in [3.8, 4) is 0 Å². The number of imidazole rings is 1. The van der Waals surface area contributed by atoms with Crippen molar-refractivity contribution in [2.75, 3.05) is 30.8 Å². The van der Waals surface area contributed by atoms with Gasteiger partial charge in [0.15, 0.2) is 23.2 Å². The van der Waals surface area contributed by atoms with Gasteiger partial charge in [0.2, 0.25) is 10.0 Å². The number of ether oxygens (including phenoxy) is 1. The van der Waals surface area contributed by atoms with Crippen LogP contribution in [0.1, 0.15) is 68.6 Å². The molecule has 0 amide bonds. The lowest BCUT2D eigenvalue weighted by atomic mass is 9.91. The molecule has 0 unspecified atom stereocenters. The Morgan fingerprint density at radius 3 is 2.22 bits per heavy atom. The third-order valence-corrected chi connectivity index (χ3v) is 11.0. The number of aliphatic hydroxyl groups excluding tert-OH is 3. The number of aromatic nitrogens is 4. The summed E-state index contributed by atoms with van der Waals surface area (Å²) in [5, 5.41) is 34.4. The largest absolute Gasteiger partial charge is 0.394 e. The third-order valence-electron chi connectivity index (χ3n) is 9.66. The molecule has 2 aliphatic rings. The molecule has 2 aromatic carbocycles. The van der Waals surface area contributed by atoms with E-state index in [0.717, 1.165) is 24.0 Å². The van der Waals surface area contributed by atoms with Gasteiger partial charge in [-0.05, 0) is 37.8 Å². The first-order chi connectivity index (χ1) is 23.6. The lowest BCUT2D eigenvalue weighted by Crippen LogP contribution is -2.43. The van der Waals surface area contributed by atoms with Crippen LogP contribution in [-0.4, -0.2) is 104 Å². The molecular weight excluding hydrogens is 646 g/mol. The fourth-order valence-electron chi connectivity index (χ4n) is 7.03. The fourth-order valence-corrected chi connectivity index (χ4v) is 7.97. The predicted molar refractivity (Wildman–Crippen MR) is 186 cm³/mol. The van der Waals surface area contributed by atoms with E-state index in [9.17, 15) is 23.7 Å². The van der Waals surface area contributed by atoms with Crippen molar-refractivity contribution in [3.63, 3.8) is 0 Å². The number of anilines is 1. The van der Waals surface area contributed by atoms with Gasteiger partial charge in [0.25, 0.3) is 0 Å². The van der Waals surface area contributed by atoms with E-state index in [1.54, 1.807) is 0 Å². The smallest absolute Gasteiger partial charge is 0.213 e. The standard InChI is InChI=1S/C35H47N7O6S/c1-23(2)41(26-15-9-10-16-26)17-18-49(46,47)38-20-29-39-33(36-19-27(24-11-5-3-6-12-24)25-13-7-4-8-14-25)30-34(40-29)42(22-37-30)35-32(45)31(44)28(21-43)48-35/h3-8,11-14,22-23,26-28,31-32,35,38,43-45H,9-10,15-21H2,1-2H3,(H,36,39,40)/t28-,31-,32+,35-/m1/s1. The molecule has 3 heterocycles. The minimum absolute atomic E-state index is 0.0410. The molecule has 0 radical (unpaired) electrons. The number of benzene rings is 2. The Morgan fingerprint density at radius 1 is 0.980 bits per heavy atom. The predicted octanol–water partition coefficient (Wildman–Crippen LogP) is 2.75. The van der Waals surface area contributed by atoms with Crippen LogP contribution >= 0.6 is 0 Å². The quantitative estimate of drug-likeness (QED) is 0.124. The number of nitrogens with one attached hydrogen (secondary N) is 2. The molecule has 1 saturated heterocycles. The molecule has 6 rings (SSSR count). The Morgan fingerprint density at radius 2 is 1.63 bits per heavy atom. The second-order valence-electron chi connectivity index (χ2n) is 13.2. The van der Waals surface area contributed by atoms with Crippen molar-refractivity contribution in [1.29, 1.82) is 0 Å². The van der Waals surface area contributed by atoms with E-state index in [-0.39, 0.29) is 35.7 Å². The first-order valence-electron chi connectivity index (χ1n) is 17.1. The van der Waals surface area contributed by atoms with E-state index in [1.165, 1.54) is 23.7 Å². The van der Waals surface area contributed by atoms with Gasteiger partial charge in [-0.2, -0.15) is 0 Å². The van der Waals surface area contributed by atoms with Gasteiger partial charge in [-0.3, -0.25) is 9.47 Å². The zero-order valence-corrected chi connectivity index (χ0v) is 28.8. The molecule has 14 heteroatoms. The maximum atomic E-state index is 13.3. The van der Waals surface area contributed by atoms with Crippen LogP contribution in [0.5, 0.6) is 0 Å². The first kappa shape index (κ1) is 35.3. The van der Waals surface area contributed by atoms with Gasteiger partial charge >= 0.3 is 0 Å². The molecule has 1 saturated carbocycles. The average molecular weight is 694 g/mol. The summed E-state index contributed by atoms with van der Waals surface area (Å²) >= 11 is 0. The SMILES string of the molecule is CC(C)N(CCS(=O)(=O)NCc1nc(NCC(c2ccccc2)c2ccccc2)c2ncn([C@@H]3O[C@H](CO)[C@@H](O)[C@@H]3O)c2n1)C1CCCC1. The van der Waals surface area contributed by atoms with Crippen molar-refractivity contribution in [3.05, 3.63) is 83.9 Å². The second kappa shape index (κ2) is 15.6. The molecule has 13 nitrogen and oxygen atoms in total. The van der Waals surface area contributed by atoms with Crippen LogP contribution in [0.2, 0.25) is 0 Å². The Hall–Kier alpha value is -3.50. The Labute approximate surface area is 287 Å². The van der Waals surface area contributed by atoms with Crippen LogP contribution in [0.4, 0.5) is 5.82 Å². The van der Waals surface area contributed by atoms with Gasteiger partial charge in [-0.25, -0.2) is 28.1 Å². The highest BCUT2D eigenvalue weighted by Crippen LogP contribution is 2.33. The van der Waals surface area contributed by atoms with Gasteiger partial charge in [0.05, 0.1) is 25.2 Å². The number of sulfonamides is 1. The van der Waals surface area contributed by atoms with Crippen molar-refractivity contribution in [2.45, 2.75) is 88.6 Å². The zero-order valence-electron chi connectivity index (χ0n) is 28.0. The summed E-state index contributed by atoms with van der Waals surface area (Å²) in [5.41, 5.74) is 2.87. The average Bonchev–Trinajstić information content (AvgIpc) is 3.85. The first-order valence-corrected chi connectivity index (χ1v) is 18.7. The summed E-state index contributed by atoms with van der Waals surface area (Å²) < 4.78 is 36.5. The Kier molecular flexibility index (Phi) is 11.2. The van der Waals surface area contributed by atoms with Crippen LogP contribution in [-0.2, 0) is 21.3 Å². The molecule has 1 aliphatic heterocycles. The van der Waals surface area contributed by atoms with Gasteiger partial charge in [0.1, 0.15) is 24.1 Å². The monoisotopic (exact) mass is 693 g/mol. The topological polar surface area (TPSA) is 175 Å². The summed E-state index contributed by atoms with van der Waals surface area (Å²) in [6.07, 6.45) is 1.23. The maximum Gasteiger partial charge on any atom is 0.213 e. The lowest BCUT2D eigenvalue weighted by molar-refractivity contribution is -0.0511. The van der Waals surface area contributed by atoms with Gasteiger partial charge in [-0.15, -0.1) is 0 Å². The molecule has 1 aliphatic carbocycles. The fraction of sp³-hybridized carbons (Fsp3) is 0.514. The van der Waals surface area contributed by atoms with Crippen molar-refractivity contribution >= 4 is 27.0 Å². The van der Waals surface area contributed by atoms with E-state index in [4.69, 9.17) is 9.72 Å². The number of fused-ring (bicyclic) bond motifs is 1. The van der Waals surface area contributed by atoms with Crippen LogP contribution < -0.4 is 10.0 Å². The molecule has 5 N–H and O–H groups in total. The van der Waals surface area contributed by atoms with Gasteiger partial charge in [-0.1, -0.05) is 73.5 Å². The van der Waals surface area contributed by atoms with E-state index >= 15 is 0 Å². The van der Waals surface area contributed by atoms with Crippen LogP contribution in [0.3, 0.4) is 0 Å².